The van der Waals surface area contributed by atoms with Gasteiger partial charge in [-0.1, -0.05) is 12.1 Å². The predicted molar refractivity (Wildman–Crippen MR) is 116 cm³/mol. The normalized spacial score (nSPS) is 12.2. The van der Waals surface area contributed by atoms with Crippen LogP contribution in [0.5, 0.6) is 0 Å². The number of halogens is 3. The molecule has 0 aliphatic carbocycles. The third kappa shape index (κ3) is 5.87. The minimum Gasteiger partial charge on any atom is -0.368 e. The van der Waals surface area contributed by atoms with Crippen LogP contribution in [0.3, 0.4) is 0 Å². The number of fused-ring (bicyclic) bond motifs is 1. The van der Waals surface area contributed by atoms with Crippen LogP contribution in [0.2, 0.25) is 0 Å². The quantitative estimate of drug-likeness (QED) is 0.288. The van der Waals surface area contributed by atoms with Crippen molar-refractivity contribution in [1.82, 2.24) is 25.2 Å². The first kappa shape index (κ1) is 22.4. The molecule has 7 nitrogen and oxygen atoms in total. The molecule has 0 saturated carbocycles. The molecule has 0 fully saturated rings. The first-order valence-electron chi connectivity index (χ1n) is 10.0. The number of para-hydroxylation sites is 2. The van der Waals surface area contributed by atoms with Crippen molar-refractivity contribution in [3.63, 3.8) is 0 Å². The maximum atomic E-state index is 13.0. The van der Waals surface area contributed by atoms with E-state index in [2.05, 4.69) is 41.5 Å². The monoisotopic (exact) mass is 433 g/mol. The number of pyridine rings is 1. The van der Waals surface area contributed by atoms with Gasteiger partial charge in [0.15, 0.2) is 5.96 Å². The van der Waals surface area contributed by atoms with Gasteiger partial charge in [-0.3, -0.25) is 4.99 Å². The number of aromatic nitrogens is 3. The van der Waals surface area contributed by atoms with Crippen LogP contribution in [-0.2, 0) is 12.7 Å². The van der Waals surface area contributed by atoms with E-state index in [1.807, 2.05) is 25.1 Å². The zero-order valence-electron chi connectivity index (χ0n) is 17.5. The van der Waals surface area contributed by atoms with Crippen LogP contribution >= 0.6 is 0 Å². The molecule has 3 N–H and O–H groups in total. The van der Waals surface area contributed by atoms with Gasteiger partial charge in [-0.05, 0) is 37.6 Å². The second kappa shape index (κ2) is 10.1. The highest BCUT2D eigenvalue weighted by Gasteiger charge is 2.33. The summed E-state index contributed by atoms with van der Waals surface area (Å²) >= 11 is 0. The minimum atomic E-state index is -4.44. The van der Waals surface area contributed by atoms with Gasteiger partial charge in [-0.2, -0.15) is 13.2 Å². The van der Waals surface area contributed by atoms with Gasteiger partial charge in [0.2, 0.25) is 0 Å². The summed E-state index contributed by atoms with van der Waals surface area (Å²) in [6.45, 7) is 4.15. The summed E-state index contributed by atoms with van der Waals surface area (Å²) in [6, 6.07) is 10.3. The van der Waals surface area contributed by atoms with E-state index in [0.717, 1.165) is 35.9 Å². The molecule has 0 atom stereocenters. The third-order valence-corrected chi connectivity index (χ3v) is 4.74. The fourth-order valence-corrected chi connectivity index (χ4v) is 3.28. The molecule has 2 aromatic heterocycles. The average Bonchev–Trinajstić information content (AvgIpc) is 3.07. The number of aryl methyl sites for hydroxylation is 2. The Kier molecular flexibility index (Phi) is 7.32. The molecule has 3 rings (SSSR count). The smallest absolute Gasteiger partial charge is 0.368 e. The van der Waals surface area contributed by atoms with Crippen LogP contribution in [0.15, 0.2) is 47.6 Å². The van der Waals surface area contributed by atoms with Crippen LogP contribution in [0.25, 0.3) is 11.0 Å². The van der Waals surface area contributed by atoms with Crippen molar-refractivity contribution in [1.29, 1.82) is 0 Å². The lowest BCUT2D eigenvalue weighted by Gasteiger charge is -2.15. The van der Waals surface area contributed by atoms with Crippen LogP contribution in [0.1, 0.15) is 17.8 Å². The summed E-state index contributed by atoms with van der Waals surface area (Å²) in [6.07, 6.45) is -2.25. The van der Waals surface area contributed by atoms with E-state index in [4.69, 9.17) is 0 Å². The lowest BCUT2D eigenvalue weighted by molar-refractivity contribution is -0.137. The van der Waals surface area contributed by atoms with Crippen LogP contribution in [-0.4, -0.2) is 47.2 Å². The number of aliphatic imine (C=N–C) groups is 1. The van der Waals surface area contributed by atoms with Crippen LogP contribution in [0.4, 0.5) is 19.0 Å². The molecule has 0 unspecified atom stereocenters. The Hall–Kier alpha value is -3.30. The number of nitrogens with zero attached hydrogens (tertiary/aromatic N) is 4. The number of guanidine groups is 1. The SMILES string of the molecule is CN=C(NCCCn1c(C)nc2ccccc21)NCCNc1ncccc1C(F)(F)F. The molecule has 0 amide bonds. The maximum Gasteiger partial charge on any atom is 0.419 e. The summed E-state index contributed by atoms with van der Waals surface area (Å²) in [5.41, 5.74) is 1.32. The summed E-state index contributed by atoms with van der Waals surface area (Å²) in [7, 11) is 1.65. The number of benzene rings is 1. The summed E-state index contributed by atoms with van der Waals surface area (Å²) in [5.74, 6) is 1.39. The Morgan fingerprint density at radius 2 is 1.84 bits per heavy atom. The van der Waals surface area contributed by atoms with E-state index < -0.39 is 11.7 Å². The molecule has 166 valence electrons. The van der Waals surface area contributed by atoms with E-state index in [-0.39, 0.29) is 12.4 Å². The molecule has 3 aromatic rings. The standard InChI is InChI=1S/C21H26F3N7/c1-15-30-17-8-3-4-9-18(17)31(15)14-6-11-28-20(25-2)29-13-12-27-19-16(21(22,23)24)7-5-10-26-19/h3-5,7-10H,6,11-14H2,1-2H3,(H,26,27)(H2,25,28,29). The predicted octanol–water partition coefficient (Wildman–Crippen LogP) is 3.43. The zero-order valence-corrected chi connectivity index (χ0v) is 17.5. The first-order chi connectivity index (χ1) is 14.9. The van der Waals surface area contributed by atoms with E-state index >= 15 is 0 Å². The Morgan fingerprint density at radius 1 is 1.06 bits per heavy atom. The highest BCUT2D eigenvalue weighted by Crippen LogP contribution is 2.33. The number of hydrogen-bond acceptors (Lipinski definition) is 4. The molecule has 0 aliphatic heterocycles. The van der Waals surface area contributed by atoms with Crippen molar-refractivity contribution in [3.8, 4) is 0 Å². The molecule has 0 aliphatic rings. The van der Waals surface area contributed by atoms with Crippen LogP contribution < -0.4 is 16.0 Å². The van der Waals surface area contributed by atoms with Gasteiger partial charge in [-0.15, -0.1) is 0 Å². The van der Waals surface area contributed by atoms with Gasteiger partial charge < -0.3 is 20.5 Å². The average molecular weight is 433 g/mol. The number of imidazole rings is 1. The molecular weight excluding hydrogens is 407 g/mol. The lowest BCUT2D eigenvalue weighted by atomic mass is 10.2. The van der Waals surface area contributed by atoms with Gasteiger partial charge >= 0.3 is 6.18 Å². The lowest BCUT2D eigenvalue weighted by Crippen LogP contribution is -2.40. The van der Waals surface area contributed by atoms with E-state index in [9.17, 15) is 13.2 Å². The number of alkyl halides is 3. The second-order valence-electron chi connectivity index (χ2n) is 6.90. The molecule has 0 saturated heterocycles. The second-order valence-corrected chi connectivity index (χ2v) is 6.90. The molecule has 31 heavy (non-hydrogen) atoms. The number of hydrogen-bond donors (Lipinski definition) is 3. The summed E-state index contributed by atoms with van der Waals surface area (Å²) in [5, 5.41) is 9.02. The molecule has 0 spiro atoms. The third-order valence-electron chi connectivity index (χ3n) is 4.74. The Morgan fingerprint density at radius 3 is 2.61 bits per heavy atom. The fourth-order valence-electron chi connectivity index (χ4n) is 3.28. The van der Waals surface area contributed by atoms with Crippen molar-refractivity contribution >= 4 is 22.8 Å². The van der Waals surface area contributed by atoms with Crippen molar-refractivity contribution < 1.29 is 13.2 Å². The van der Waals surface area contributed by atoms with Gasteiger partial charge in [0.25, 0.3) is 0 Å². The first-order valence-corrected chi connectivity index (χ1v) is 10.0. The highest BCUT2D eigenvalue weighted by molar-refractivity contribution is 5.79. The van der Waals surface area contributed by atoms with E-state index in [1.54, 1.807) is 7.05 Å². The van der Waals surface area contributed by atoms with Crippen molar-refractivity contribution in [2.45, 2.75) is 26.1 Å². The molecule has 2 heterocycles. The molecule has 0 radical (unpaired) electrons. The van der Waals surface area contributed by atoms with Gasteiger partial charge in [0.05, 0.1) is 16.6 Å². The fraction of sp³-hybridized carbons (Fsp3) is 0.381. The Balaban J connectivity index is 1.41. The molecular formula is C21H26F3N7. The Labute approximate surface area is 178 Å². The summed E-state index contributed by atoms with van der Waals surface area (Å²) < 4.78 is 41.2. The van der Waals surface area contributed by atoms with Gasteiger partial charge in [0, 0.05) is 39.4 Å². The van der Waals surface area contributed by atoms with E-state index in [0.29, 0.717) is 19.0 Å². The van der Waals surface area contributed by atoms with Crippen molar-refractivity contribution in [3.05, 3.63) is 54.0 Å². The summed E-state index contributed by atoms with van der Waals surface area (Å²) in [4.78, 5) is 12.5. The van der Waals surface area contributed by atoms with E-state index in [1.165, 1.54) is 12.3 Å². The highest BCUT2D eigenvalue weighted by atomic mass is 19.4. The zero-order chi connectivity index (χ0) is 22.3. The van der Waals surface area contributed by atoms with Crippen molar-refractivity contribution in [2.75, 3.05) is 32.0 Å². The van der Waals surface area contributed by atoms with Crippen LogP contribution in [0, 0.1) is 6.92 Å². The minimum absolute atomic E-state index is 0.178. The molecule has 0 bridgehead atoms. The number of nitrogens with one attached hydrogen (secondary N) is 3. The number of anilines is 1. The van der Waals surface area contributed by atoms with Gasteiger partial charge in [0.1, 0.15) is 11.6 Å². The Bertz CT molecular complexity index is 1030. The molecule has 1 aromatic carbocycles. The van der Waals surface area contributed by atoms with Gasteiger partial charge in [-0.25, -0.2) is 9.97 Å². The molecule has 10 heteroatoms. The maximum absolute atomic E-state index is 13.0. The topological polar surface area (TPSA) is 79.2 Å². The number of rotatable bonds is 8. The largest absolute Gasteiger partial charge is 0.419 e. The van der Waals surface area contributed by atoms with Crippen molar-refractivity contribution in [2.24, 2.45) is 4.99 Å².